The summed E-state index contributed by atoms with van der Waals surface area (Å²) in [5, 5.41) is 2.81. The van der Waals surface area contributed by atoms with Crippen molar-refractivity contribution in [3.8, 4) is 5.75 Å². The Bertz CT molecular complexity index is 990. The number of para-hydroxylation sites is 1. The lowest BCUT2D eigenvalue weighted by Gasteiger charge is -2.38. The largest absolute Gasteiger partial charge is 0.487 e. The number of rotatable bonds is 6. The highest BCUT2D eigenvalue weighted by atomic mass is 19.3. The fourth-order valence-electron chi connectivity index (χ4n) is 5.07. The molecule has 2 heterocycles. The number of fused-ring (bicyclic) bond motifs is 1. The summed E-state index contributed by atoms with van der Waals surface area (Å²) in [6.45, 7) is 7.32. The molecule has 3 aliphatic rings. The fraction of sp³-hybridized carbons (Fsp3) is 0.625. The van der Waals surface area contributed by atoms with Crippen LogP contribution in [0, 0.1) is 11.8 Å². The van der Waals surface area contributed by atoms with Crippen molar-refractivity contribution in [1.29, 1.82) is 0 Å². The van der Waals surface area contributed by atoms with E-state index in [0.717, 1.165) is 10.5 Å². The van der Waals surface area contributed by atoms with Crippen LogP contribution in [0.5, 0.6) is 5.75 Å². The van der Waals surface area contributed by atoms with Gasteiger partial charge in [0.2, 0.25) is 11.8 Å². The molecule has 4 rings (SSSR count). The molecular formula is C24H32F2N4O3. The number of halogens is 2. The molecule has 0 spiro atoms. The Morgan fingerprint density at radius 2 is 1.94 bits per heavy atom. The molecule has 2 amide bonds. The Morgan fingerprint density at radius 1 is 1.27 bits per heavy atom. The smallest absolute Gasteiger partial charge is 0.265 e. The molecule has 3 unspecified atom stereocenters. The minimum absolute atomic E-state index is 0.0445. The van der Waals surface area contributed by atoms with E-state index in [0.29, 0.717) is 25.0 Å². The van der Waals surface area contributed by atoms with Crippen LogP contribution in [0.1, 0.15) is 65.0 Å². The number of benzene rings is 1. The van der Waals surface area contributed by atoms with Crippen LogP contribution in [0.15, 0.2) is 29.3 Å². The van der Waals surface area contributed by atoms with Gasteiger partial charge in [0.1, 0.15) is 17.3 Å². The summed E-state index contributed by atoms with van der Waals surface area (Å²) in [4.78, 5) is 31.2. The summed E-state index contributed by atoms with van der Waals surface area (Å²) in [5.41, 5.74) is 5.65. The molecule has 0 radical (unpaired) electrons. The van der Waals surface area contributed by atoms with E-state index in [9.17, 15) is 18.4 Å². The molecule has 33 heavy (non-hydrogen) atoms. The van der Waals surface area contributed by atoms with Crippen molar-refractivity contribution >= 4 is 17.8 Å². The maximum absolute atomic E-state index is 14.7. The van der Waals surface area contributed by atoms with Gasteiger partial charge in [-0.1, -0.05) is 32.0 Å². The van der Waals surface area contributed by atoms with Crippen LogP contribution in [0.3, 0.4) is 0 Å². The van der Waals surface area contributed by atoms with Crippen molar-refractivity contribution in [3.05, 3.63) is 29.8 Å². The number of ether oxygens (including phenoxy) is 1. The van der Waals surface area contributed by atoms with Crippen molar-refractivity contribution in [2.45, 2.75) is 76.5 Å². The predicted molar refractivity (Wildman–Crippen MR) is 120 cm³/mol. The van der Waals surface area contributed by atoms with Gasteiger partial charge in [0.05, 0.1) is 23.9 Å². The van der Waals surface area contributed by atoms with E-state index in [1.165, 1.54) is 0 Å². The summed E-state index contributed by atoms with van der Waals surface area (Å²) >= 11 is 0. The van der Waals surface area contributed by atoms with Crippen molar-refractivity contribution < 1.29 is 23.1 Å². The molecule has 0 bridgehead atoms. The van der Waals surface area contributed by atoms with Crippen LogP contribution >= 0.6 is 0 Å². The number of carbonyl (C=O) groups is 2. The number of aliphatic imine (C=N–C) groups is 1. The molecule has 1 aromatic carbocycles. The third-order valence-corrected chi connectivity index (χ3v) is 7.28. The first kappa shape index (κ1) is 23.4. The molecular weight excluding hydrogens is 430 g/mol. The molecule has 2 aliphatic heterocycles. The lowest BCUT2D eigenvalue weighted by atomic mass is 9.88. The number of carbonyl (C=O) groups excluding carboxylic acids is 2. The molecule has 9 heteroatoms. The number of amides is 2. The standard InChI is InChI=1S/C24H32F2N4O3/c1-5-23(6-2)12-18(31)30(21(27)29-23)13-15-19(24(15,25)26)20(32)28-16-11-22(3,4)33-17-10-8-7-9-14(16)17/h7-10,15-16,19H,5-6,11-13H2,1-4H3,(H2,27,29)(H,28,32). The number of guanidine groups is 1. The first-order chi connectivity index (χ1) is 15.4. The molecule has 180 valence electrons. The molecule has 1 aliphatic carbocycles. The summed E-state index contributed by atoms with van der Waals surface area (Å²) < 4.78 is 35.4. The zero-order chi connectivity index (χ0) is 24.2. The number of hydrogen-bond donors (Lipinski definition) is 2. The third kappa shape index (κ3) is 4.17. The second-order valence-electron chi connectivity index (χ2n) is 10.0. The number of nitrogens with zero attached hydrogens (tertiary/aromatic N) is 2. The quantitative estimate of drug-likeness (QED) is 0.677. The first-order valence-corrected chi connectivity index (χ1v) is 11.5. The van der Waals surface area contributed by atoms with Crippen molar-refractivity contribution in [3.63, 3.8) is 0 Å². The minimum atomic E-state index is -3.21. The van der Waals surface area contributed by atoms with Gasteiger partial charge in [-0.2, -0.15) is 0 Å². The van der Waals surface area contributed by atoms with Crippen LogP contribution in [0.2, 0.25) is 0 Å². The molecule has 0 aromatic heterocycles. The summed E-state index contributed by atoms with van der Waals surface area (Å²) in [6.07, 6.45) is 1.86. The van der Waals surface area contributed by atoms with Crippen molar-refractivity contribution in [2.24, 2.45) is 22.6 Å². The lowest BCUT2D eigenvalue weighted by molar-refractivity contribution is -0.130. The highest BCUT2D eigenvalue weighted by Gasteiger charge is 2.72. The molecule has 0 saturated heterocycles. The second kappa shape index (κ2) is 7.95. The number of alkyl halides is 2. The highest BCUT2D eigenvalue weighted by molar-refractivity contribution is 5.99. The maximum Gasteiger partial charge on any atom is 0.265 e. The van der Waals surface area contributed by atoms with E-state index in [2.05, 4.69) is 10.3 Å². The van der Waals surface area contributed by atoms with Crippen LogP contribution in [-0.2, 0) is 9.59 Å². The number of nitrogens with one attached hydrogen (secondary N) is 1. The lowest BCUT2D eigenvalue weighted by Crippen LogP contribution is -2.52. The van der Waals surface area contributed by atoms with Crippen LogP contribution in [0.25, 0.3) is 0 Å². The van der Waals surface area contributed by atoms with E-state index in [1.807, 2.05) is 45.9 Å². The monoisotopic (exact) mass is 462 g/mol. The van der Waals surface area contributed by atoms with Gasteiger partial charge in [-0.3, -0.25) is 14.5 Å². The number of hydrogen-bond acceptors (Lipinski definition) is 5. The summed E-state index contributed by atoms with van der Waals surface area (Å²) in [6, 6.07) is 6.85. The predicted octanol–water partition coefficient (Wildman–Crippen LogP) is 3.39. The van der Waals surface area contributed by atoms with Gasteiger partial charge < -0.3 is 15.8 Å². The van der Waals surface area contributed by atoms with Gasteiger partial charge in [-0.05, 0) is 32.8 Å². The van der Waals surface area contributed by atoms with E-state index in [4.69, 9.17) is 10.5 Å². The maximum atomic E-state index is 14.7. The first-order valence-electron chi connectivity index (χ1n) is 11.5. The Hall–Kier alpha value is -2.71. The van der Waals surface area contributed by atoms with Gasteiger partial charge in [-0.25, -0.2) is 13.8 Å². The molecule has 3 atom stereocenters. The van der Waals surface area contributed by atoms with E-state index in [-0.39, 0.29) is 24.8 Å². The van der Waals surface area contributed by atoms with Gasteiger partial charge in [0.25, 0.3) is 5.92 Å². The average Bonchev–Trinajstić information content (AvgIpc) is 3.29. The second-order valence-corrected chi connectivity index (χ2v) is 10.0. The van der Waals surface area contributed by atoms with Gasteiger partial charge in [0.15, 0.2) is 5.96 Å². The normalized spacial score (nSPS) is 28.9. The minimum Gasteiger partial charge on any atom is -0.487 e. The van der Waals surface area contributed by atoms with Gasteiger partial charge in [-0.15, -0.1) is 0 Å². The van der Waals surface area contributed by atoms with E-state index < -0.39 is 40.8 Å². The average molecular weight is 463 g/mol. The molecule has 1 aromatic rings. The topological polar surface area (TPSA) is 97.0 Å². The Balaban J connectivity index is 1.48. The van der Waals surface area contributed by atoms with Crippen LogP contribution in [-0.4, -0.2) is 46.3 Å². The Labute approximate surface area is 192 Å². The van der Waals surface area contributed by atoms with E-state index in [1.54, 1.807) is 6.07 Å². The van der Waals surface area contributed by atoms with Crippen molar-refractivity contribution in [1.82, 2.24) is 10.2 Å². The fourth-order valence-corrected chi connectivity index (χ4v) is 5.07. The summed E-state index contributed by atoms with van der Waals surface area (Å²) in [5.74, 6) is -6.48. The zero-order valence-electron chi connectivity index (χ0n) is 19.5. The van der Waals surface area contributed by atoms with Crippen LogP contribution < -0.4 is 15.8 Å². The van der Waals surface area contributed by atoms with Crippen molar-refractivity contribution in [2.75, 3.05) is 6.54 Å². The highest BCUT2D eigenvalue weighted by Crippen LogP contribution is 2.56. The van der Waals surface area contributed by atoms with Gasteiger partial charge in [0, 0.05) is 18.5 Å². The third-order valence-electron chi connectivity index (χ3n) is 7.28. The summed E-state index contributed by atoms with van der Waals surface area (Å²) in [7, 11) is 0. The van der Waals surface area contributed by atoms with Gasteiger partial charge >= 0.3 is 0 Å². The Kier molecular flexibility index (Phi) is 5.65. The van der Waals surface area contributed by atoms with E-state index >= 15 is 0 Å². The zero-order valence-corrected chi connectivity index (χ0v) is 19.5. The number of nitrogens with two attached hydrogens (primary N) is 1. The SMILES string of the molecule is CCC1(CC)CC(=O)N(CC2C(C(=O)NC3CC(C)(C)Oc4ccccc43)C2(F)F)C(N)=N1. The Morgan fingerprint density at radius 3 is 2.58 bits per heavy atom. The molecule has 1 saturated carbocycles. The molecule has 7 nitrogen and oxygen atoms in total. The molecule has 1 fully saturated rings. The molecule has 3 N–H and O–H groups in total. The van der Waals surface area contributed by atoms with Crippen LogP contribution in [0.4, 0.5) is 8.78 Å².